The average molecular weight is 330 g/mol. The topological polar surface area (TPSA) is 58.6 Å². The number of methoxy groups -OCH3 is 1. The van der Waals surface area contributed by atoms with E-state index >= 15 is 0 Å². The van der Waals surface area contributed by atoms with Crippen LogP contribution in [0.4, 0.5) is 0 Å². The second-order valence-electron chi connectivity index (χ2n) is 4.42. The molecular formula is C14H20BrNO3. The molecule has 106 valence electrons. The molecule has 0 aliphatic rings. The maximum Gasteiger partial charge on any atom is 0.323 e. The van der Waals surface area contributed by atoms with E-state index < -0.39 is 11.5 Å². The van der Waals surface area contributed by atoms with Gasteiger partial charge in [-0.15, -0.1) is 0 Å². The molecule has 0 aliphatic carbocycles. The molecule has 5 heteroatoms. The van der Waals surface area contributed by atoms with Gasteiger partial charge in [-0.25, -0.2) is 0 Å². The molecule has 19 heavy (non-hydrogen) atoms. The number of carbonyl (C=O) groups is 1. The summed E-state index contributed by atoms with van der Waals surface area (Å²) in [7, 11) is 1.61. The molecule has 0 atom stereocenters. The number of nitrogens with one attached hydrogen (secondary N) is 1. The zero-order chi connectivity index (χ0) is 14.5. The molecule has 0 fully saturated rings. The number of carboxylic acid groups (broad SMARTS) is 1. The van der Waals surface area contributed by atoms with E-state index in [9.17, 15) is 9.90 Å². The van der Waals surface area contributed by atoms with Crippen LogP contribution in [0.2, 0.25) is 0 Å². The van der Waals surface area contributed by atoms with Crippen molar-refractivity contribution >= 4 is 21.9 Å². The van der Waals surface area contributed by atoms with E-state index in [1.54, 1.807) is 7.11 Å². The van der Waals surface area contributed by atoms with Crippen LogP contribution in [0.25, 0.3) is 0 Å². The molecule has 0 amide bonds. The van der Waals surface area contributed by atoms with Gasteiger partial charge in [-0.05, 0) is 46.5 Å². The second kappa shape index (κ2) is 6.91. The minimum atomic E-state index is -0.855. The van der Waals surface area contributed by atoms with Crippen molar-refractivity contribution in [3.05, 3.63) is 28.2 Å². The molecule has 1 aromatic rings. The van der Waals surface area contributed by atoms with Gasteiger partial charge in [0.25, 0.3) is 0 Å². The molecule has 0 bridgehead atoms. The van der Waals surface area contributed by atoms with Crippen LogP contribution < -0.4 is 10.1 Å². The summed E-state index contributed by atoms with van der Waals surface area (Å²) >= 11 is 3.42. The standard InChI is InChI=1S/C14H20BrNO3/c1-4-14(5-2,13(17)18)16-9-10-6-7-12(19-3)11(15)8-10/h6-8,16H,4-5,9H2,1-3H3,(H,17,18). The zero-order valence-electron chi connectivity index (χ0n) is 11.5. The highest BCUT2D eigenvalue weighted by atomic mass is 79.9. The van der Waals surface area contributed by atoms with E-state index in [2.05, 4.69) is 21.2 Å². The van der Waals surface area contributed by atoms with Crippen LogP contribution in [-0.4, -0.2) is 23.7 Å². The smallest absolute Gasteiger partial charge is 0.323 e. The quantitative estimate of drug-likeness (QED) is 0.806. The molecule has 2 N–H and O–H groups in total. The van der Waals surface area contributed by atoms with Crippen LogP contribution in [0.1, 0.15) is 32.3 Å². The normalized spacial score (nSPS) is 11.4. The second-order valence-corrected chi connectivity index (χ2v) is 5.27. The lowest BCUT2D eigenvalue weighted by atomic mass is 9.92. The fraction of sp³-hybridized carbons (Fsp3) is 0.500. The molecule has 0 radical (unpaired) electrons. The van der Waals surface area contributed by atoms with Crippen molar-refractivity contribution in [1.29, 1.82) is 0 Å². The molecule has 0 heterocycles. The van der Waals surface area contributed by atoms with Gasteiger partial charge in [0.1, 0.15) is 11.3 Å². The molecule has 0 spiro atoms. The number of hydrogen-bond donors (Lipinski definition) is 2. The van der Waals surface area contributed by atoms with E-state index in [-0.39, 0.29) is 0 Å². The third-order valence-corrected chi connectivity index (χ3v) is 4.08. The van der Waals surface area contributed by atoms with Crippen molar-refractivity contribution in [1.82, 2.24) is 5.32 Å². The number of benzene rings is 1. The van der Waals surface area contributed by atoms with Crippen molar-refractivity contribution in [2.45, 2.75) is 38.8 Å². The van der Waals surface area contributed by atoms with Gasteiger partial charge < -0.3 is 9.84 Å². The summed E-state index contributed by atoms with van der Waals surface area (Å²) in [5.41, 5.74) is 0.159. The van der Waals surface area contributed by atoms with Crippen LogP contribution >= 0.6 is 15.9 Å². The number of rotatable bonds is 7. The molecule has 0 saturated carbocycles. The first-order chi connectivity index (χ1) is 8.99. The first kappa shape index (κ1) is 16.0. The Hall–Kier alpha value is -1.07. The molecule has 0 saturated heterocycles. The van der Waals surface area contributed by atoms with E-state index in [0.717, 1.165) is 15.8 Å². The molecule has 4 nitrogen and oxygen atoms in total. The molecular weight excluding hydrogens is 310 g/mol. The summed E-state index contributed by atoms with van der Waals surface area (Å²) in [6.45, 7) is 4.28. The maximum atomic E-state index is 11.4. The highest BCUT2D eigenvalue weighted by molar-refractivity contribution is 9.10. The van der Waals surface area contributed by atoms with Crippen molar-refractivity contribution in [3.63, 3.8) is 0 Å². The van der Waals surface area contributed by atoms with Gasteiger partial charge in [0.15, 0.2) is 0 Å². The molecule has 1 aromatic carbocycles. The predicted molar refractivity (Wildman–Crippen MR) is 78.5 cm³/mol. The number of carboxylic acids is 1. The van der Waals surface area contributed by atoms with Crippen LogP contribution in [0, 0.1) is 0 Å². The molecule has 0 aliphatic heterocycles. The van der Waals surface area contributed by atoms with Gasteiger partial charge in [0.2, 0.25) is 0 Å². The Kier molecular flexibility index (Phi) is 5.82. The van der Waals surface area contributed by atoms with Gasteiger partial charge in [-0.2, -0.15) is 0 Å². The third kappa shape index (κ3) is 3.70. The summed E-state index contributed by atoms with van der Waals surface area (Å²) in [6, 6.07) is 5.72. The Morgan fingerprint density at radius 1 is 1.42 bits per heavy atom. The SMILES string of the molecule is CCC(CC)(NCc1ccc(OC)c(Br)c1)C(=O)O. The molecule has 0 unspecified atom stereocenters. The van der Waals surface area contributed by atoms with Gasteiger partial charge in [0, 0.05) is 6.54 Å². The van der Waals surface area contributed by atoms with Gasteiger partial charge in [0.05, 0.1) is 11.6 Å². The summed E-state index contributed by atoms with van der Waals surface area (Å²) in [5.74, 6) is -0.0377. The van der Waals surface area contributed by atoms with E-state index in [1.165, 1.54) is 0 Å². The average Bonchev–Trinajstić information content (AvgIpc) is 2.40. The molecule has 0 aromatic heterocycles. The summed E-state index contributed by atoms with van der Waals surface area (Å²) in [5, 5.41) is 12.5. The van der Waals surface area contributed by atoms with Crippen LogP contribution in [0.5, 0.6) is 5.75 Å². The lowest BCUT2D eigenvalue weighted by molar-refractivity contribution is -0.145. The Labute approximate surface area is 122 Å². The Morgan fingerprint density at radius 2 is 2.05 bits per heavy atom. The van der Waals surface area contributed by atoms with Crippen molar-refractivity contribution < 1.29 is 14.6 Å². The largest absolute Gasteiger partial charge is 0.496 e. The maximum absolute atomic E-state index is 11.4. The lowest BCUT2D eigenvalue weighted by Crippen LogP contribution is -2.50. The molecule has 1 rings (SSSR count). The van der Waals surface area contributed by atoms with Crippen molar-refractivity contribution in [3.8, 4) is 5.75 Å². The minimum absolute atomic E-state index is 0.510. The van der Waals surface area contributed by atoms with Crippen molar-refractivity contribution in [2.24, 2.45) is 0 Å². The first-order valence-electron chi connectivity index (χ1n) is 6.30. The highest BCUT2D eigenvalue weighted by Crippen LogP contribution is 2.26. The summed E-state index contributed by atoms with van der Waals surface area (Å²) < 4.78 is 6.03. The van der Waals surface area contributed by atoms with Crippen LogP contribution in [0.3, 0.4) is 0 Å². The van der Waals surface area contributed by atoms with E-state index in [4.69, 9.17) is 4.74 Å². The van der Waals surface area contributed by atoms with Crippen LogP contribution in [-0.2, 0) is 11.3 Å². The Bertz CT molecular complexity index is 444. The number of aliphatic carboxylic acids is 1. The Balaban J connectivity index is 2.80. The van der Waals surface area contributed by atoms with Gasteiger partial charge in [-0.3, -0.25) is 10.1 Å². The fourth-order valence-corrected chi connectivity index (χ4v) is 2.56. The van der Waals surface area contributed by atoms with Crippen molar-refractivity contribution in [2.75, 3.05) is 7.11 Å². The first-order valence-corrected chi connectivity index (χ1v) is 7.09. The Morgan fingerprint density at radius 3 is 2.47 bits per heavy atom. The summed E-state index contributed by atoms with van der Waals surface area (Å²) in [4.78, 5) is 11.4. The number of halogens is 1. The lowest BCUT2D eigenvalue weighted by Gasteiger charge is -2.28. The zero-order valence-corrected chi connectivity index (χ0v) is 13.1. The number of ether oxygens (including phenoxy) is 1. The fourth-order valence-electron chi connectivity index (χ4n) is 1.97. The summed E-state index contributed by atoms with van der Waals surface area (Å²) in [6.07, 6.45) is 1.10. The van der Waals surface area contributed by atoms with E-state index in [0.29, 0.717) is 19.4 Å². The van der Waals surface area contributed by atoms with Crippen LogP contribution in [0.15, 0.2) is 22.7 Å². The monoisotopic (exact) mass is 329 g/mol. The van der Waals surface area contributed by atoms with Gasteiger partial charge in [-0.1, -0.05) is 19.9 Å². The van der Waals surface area contributed by atoms with E-state index in [1.807, 2.05) is 32.0 Å². The third-order valence-electron chi connectivity index (χ3n) is 3.46. The number of hydrogen-bond acceptors (Lipinski definition) is 3. The highest BCUT2D eigenvalue weighted by Gasteiger charge is 2.33. The predicted octanol–water partition coefficient (Wildman–Crippen LogP) is 3.19. The minimum Gasteiger partial charge on any atom is -0.496 e. The van der Waals surface area contributed by atoms with Gasteiger partial charge >= 0.3 is 5.97 Å².